The van der Waals surface area contributed by atoms with Gasteiger partial charge in [-0.25, -0.2) is 4.68 Å². The number of carbonyl (C=O) groups excluding carboxylic acids is 1. The fourth-order valence-electron chi connectivity index (χ4n) is 2.61. The molecular weight excluding hydrogens is 268 g/mol. The number of nitrogens with zero attached hydrogens (tertiary/aromatic N) is 3. The first-order valence-corrected chi connectivity index (χ1v) is 7.09. The molecule has 2 heterocycles. The van der Waals surface area contributed by atoms with E-state index in [-0.39, 0.29) is 11.9 Å². The Morgan fingerprint density at radius 2 is 2.38 bits per heavy atom. The number of para-hydroxylation sites is 1. The summed E-state index contributed by atoms with van der Waals surface area (Å²) in [6, 6.07) is 6.05. The highest BCUT2D eigenvalue weighted by Gasteiger charge is 2.24. The molecule has 0 aliphatic carbocycles. The zero-order chi connectivity index (χ0) is 14.8. The normalized spacial score (nSPS) is 17.0. The summed E-state index contributed by atoms with van der Waals surface area (Å²) in [5.41, 5.74) is 2.74. The Labute approximate surface area is 123 Å². The highest BCUT2D eigenvalue weighted by atomic mass is 16.5. The Bertz CT molecular complexity index is 665. The molecule has 0 unspecified atom stereocenters. The van der Waals surface area contributed by atoms with E-state index in [2.05, 4.69) is 15.6 Å². The number of amides is 1. The minimum atomic E-state index is -0.161. The van der Waals surface area contributed by atoms with E-state index in [4.69, 9.17) is 4.74 Å². The van der Waals surface area contributed by atoms with Crippen molar-refractivity contribution in [2.24, 2.45) is 0 Å². The maximum Gasteiger partial charge on any atom is 0.271 e. The molecule has 1 aromatic heterocycles. The lowest BCUT2D eigenvalue weighted by Gasteiger charge is -2.27. The maximum atomic E-state index is 12.3. The Kier molecular flexibility index (Phi) is 3.60. The van der Waals surface area contributed by atoms with Gasteiger partial charge in [0.25, 0.3) is 5.91 Å². The molecule has 0 radical (unpaired) electrons. The number of fused-ring (bicyclic) bond motifs is 1. The molecule has 1 aliphatic rings. The van der Waals surface area contributed by atoms with Crippen molar-refractivity contribution in [3.63, 3.8) is 0 Å². The molecule has 1 amide bonds. The first kappa shape index (κ1) is 13.6. The summed E-state index contributed by atoms with van der Waals surface area (Å²) in [6.45, 7) is 5.06. The minimum absolute atomic E-state index is 0.0352. The van der Waals surface area contributed by atoms with Crippen LogP contribution in [0.4, 0.5) is 0 Å². The number of aromatic nitrogens is 3. The van der Waals surface area contributed by atoms with E-state index < -0.39 is 0 Å². The lowest BCUT2D eigenvalue weighted by Crippen LogP contribution is -2.43. The van der Waals surface area contributed by atoms with Crippen LogP contribution in [-0.2, 0) is 13.0 Å². The Morgan fingerprint density at radius 1 is 1.52 bits per heavy atom. The highest BCUT2D eigenvalue weighted by molar-refractivity contribution is 5.92. The van der Waals surface area contributed by atoms with Crippen LogP contribution in [0.15, 0.2) is 24.4 Å². The maximum absolute atomic E-state index is 12.3. The number of hydrogen-bond acceptors (Lipinski definition) is 4. The molecular formula is C15H18N4O2. The Balaban J connectivity index is 1.71. The number of nitrogens with one attached hydrogen (secondary N) is 1. The molecule has 6 nitrogen and oxygen atoms in total. The predicted octanol–water partition coefficient (Wildman–Crippen LogP) is 1.34. The first-order chi connectivity index (χ1) is 10.2. The highest BCUT2D eigenvalue weighted by Crippen LogP contribution is 2.28. The van der Waals surface area contributed by atoms with Crippen molar-refractivity contribution in [2.75, 3.05) is 6.61 Å². The average molecular weight is 286 g/mol. The largest absolute Gasteiger partial charge is 0.491 e. The second kappa shape index (κ2) is 5.55. The molecule has 0 bridgehead atoms. The van der Waals surface area contributed by atoms with Crippen molar-refractivity contribution in [2.45, 2.75) is 32.9 Å². The second-order valence-electron chi connectivity index (χ2n) is 5.18. The van der Waals surface area contributed by atoms with Crippen molar-refractivity contribution in [3.05, 3.63) is 41.2 Å². The summed E-state index contributed by atoms with van der Waals surface area (Å²) < 4.78 is 7.37. The smallest absolute Gasteiger partial charge is 0.271 e. The van der Waals surface area contributed by atoms with Crippen molar-refractivity contribution < 1.29 is 9.53 Å². The number of aryl methyl sites for hydroxylation is 2. The van der Waals surface area contributed by atoms with Gasteiger partial charge in [-0.15, -0.1) is 5.10 Å². The van der Waals surface area contributed by atoms with Gasteiger partial charge < -0.3 is 10.1 Å². The fraction of sp³-hybridized carbons (Fsp3) is 0.400. The van der Waals surface area contributed by atoms with Crippen LogP contribution in [-0.4, -0.2) is 33.5 Å². The lowest BCUT2D eigenvalue weighted by molar-refractivity contribution is 0.0904. The summed E-state index contributed by atoms with van der Waals surface area (Å²) in [5.74, 6) is 0.787. The molecule has 0 saturated carbocycles. The summed E-state index contributed by atoms with van der Waals surface area (Å²) in [4.78, 5) is 12.3. The van der Waals surface area contributed by atoms with E-state index in [0.717, 1.165) is 23.3 Å². The molecule has 1 aliphatic heterocycles. The minimum Gasteiger partial charge on any atom is -0.491 e. The summed E-state index contributed by atoms with van der Waals surface area (Å²) in [7, 11) is 0. The zero-order valence-electron chi connectivity index (χ0n) is 12.2. The van der Waals surface area contributed by atoms with E-state index in [0.29, 0.717) is 18.8 Å². The van der Waals surface area contributed by atoms with Crippen molar-refractivity contribution in [1.82, 2.24) is 20.3 Å². The first-order valence-electron chi connectivity index (χ1n) is 7.09. The van der Waals surface area contributed by atoms with E-state index in [1.807, 2.05) is 32.0 Å². The Hall–Kier alpha value is -2.37. The van der Waals surface area contributed by atoms with Gasteiger partial charge in [-0.2, -0.15) is 0 Å². The number of hydrogen-bond donors (Lipinski definition) is 1. The molecule has 0 fully saturated rings. The predicted molar refractivity (Wildman–Crippen MR) is 77.3 cm³/mol. The third-order valence-corrected chi connectivity index (χ3v) is 3.67. The van der Waals surface area contributed by atoms with Crippen LogP contribution in [0.3, 0.4) is 0 Å². The second-order valence-corrected chi connectivity index (χ2v) is 5.18. The van der Waals surface area contributed by atoms with E-state index >= 15 is 0 Å². The molecule has 0 saturated heterocycles. The van der Waals surface area contributed by atoms with E-state index in [1.165, 1.54) is 6.20 Å². The van der Waals surface area contributed by atoms with Gasteiger partial charge in [-0.1, -0.05) is 23.4 Å². The SMILES string of the molecule is CCn1nncc1C(=O)N[C@H]1COc2c(C)cccc2C1. The molecule has 1 aromatic carbocycles. The number of benzene rings is 1. The molecule has 1 atom stereocenters. The fourth-order valence-corrected chi connectivity index (χ4v) is 2.61. The van der Waals surface area contributed by atoms with Gasteiger partial charge in [-0.3, -0.25) is 4.79 Å². The molecule has 0 spiro atoms. The third-order valence-electron chi connectivity index (χ3n) is 3.67. The molecule has 6 heteroatoms. The van der Waals surface area contributed by atoms with Gasteiger partial charge in [-0.05, 0) is 31.4 Å². The van der Waals surface area contributed by atoms with Gasteiger partial charge in [0.15, 0.2) is 0 Å². The number of carbonyl (C=O) groups is 1. The van der Waals surface area contributed by atoms with Gasteiger partial charge >= 0.3 is 0 Å². The Morgan fingerprint density at radius 3 is 3.19 bits per heavy atom. The van der Waals surface area contributed by atoms with E-state index in [1.54, 1.807) is 4.68 Å². The quantitative estimate of drug-likeness (QED) is 0.924. The molecule has 21 heavy (non-hydrogen) atoms. The van der Waals surface area contributed by atoms with Gasteiger partial charge in [0.05, 0.1) is 12.2 Å². The monoisotopic (exact) mass is 286 g/mol. The van der Waals surface area contributed by atoms with Gasteiger partial charge in [0, 0.05) is 6.54 Å². The van der Waals surface area contributed by atoms with Crippen LogP contribution >= 0.6 is 0 Å². The summed E-state index contributed by atoms with van der Waals surface area (Å²) in [5, 5.41) is 10.6. The molecule has 110 valence electrons. The van der Waals surface area contributed by atoms with Crippen molar-refractivity contribution in [3.8, 4) is 5.75 Å². The van der Waals surface area contributed by atoms with Crippen LogP contribution in [0.2, 0.25) is 0 Å². The standard InChI is InChI=1S/C15H18N4O2/c1-3-19-13(8-16-18-19)15(20)17-12-7-11-6-4-5-10(2)14(11)21-9-12/h4-6,8,12H,3,7,9H2,1-2H3,(H,17,20)/t12-/m1/s1. The summed E-state index contributed by atoms with van der Waals surface area (Å²) >= 11 is 0. The van der Waals surface area contributed by atoms with Crippen molar-refractivity contribution in [1.29, 1.82) is 0 Å². The zero-order valence-corrected chi connectivity index (χ0v) is 12.2. The van der Waals surface area contributed by atoms with E-state index in [9.17, 15) is 4.79 Å². The number of rotatable bonds is 3. The van der Waals surface area contributed by atoms with Crippen LogP contribution in [0.25, 0.3) is 0 Å². The number of ether oxygens (including phenoxy) is 1. The van der Waals surface area contributed by atoms with Crippen molar-refractivity contribution >= 4 is 5.91 Å². The van der Waals surface area contributed by atoms with Crippen LogP contribution in [0.1, 0.15) is 28.5 Å². The van der Waals surface area contributed by atoms with Gasteiger partial charge in [0.1, 0.15) is 18.1 Å². The van der Waals surface area contributed by atoms with Crippen LogP contribution < -0.4 is 10.1 Å². The summed E-state index contributed by atoms with van der Waals surface area (Å²) in [6.07, 6.45) is 2.26. The molecule has 2 aromatic rings. The van der Waals surface area contributed by atoms with Crippen LogP contribution in [0.5, 0.6) is 5.75 Å². The third kappa shape index (κ3) is 2.61. The molecule has 1 N–H and O–H groups in total. The average Bonchev–Trinajstić information content (AvgIpc) is 2.96. The topological polar surface area (TPSA) is 69.0 Å². The van der Waals surface area contributed by atoms with Gasteiger partial charge in [0.2, 0.25) is 0 Å². The van der Waals surface area contributed by atoms with Crippen LogP contribution in [0, 0.1) is 6.92 Å². The lowest BCUT2D eigenvalue weighted by atomic mass is 10.00. The molecule has 3 rings (SSSR count).